The van der Waals surface area contributed by atoms with Crippen LogP contribution in [0.4, 0.5) is 17.8 Å². The van der Waals surface area contributed by atoms with E-state index in [-0.39, 0.29) is 17.9 Å². The van der Waals surface area contributed by atoms with Gasteiger partial charge in [0.25, 0.3) is 0 Å². The van der Waals surface area contributed by atoms with Gasteiger partial charge in [0.1, 0.15) is 6.04 Å². The molecule has 1 aromatic heterocycles. The first-order valence-corrected chi connectivity index (χ1v) is 6.96. The van der Waals surface area contributed by atoms with Crippen LogP contribution in [0, 0.1) is 0 Å². The summed E-state index contributed by atoms with van der Waals surface area (Å²) in [5.74, 6) is 1.29. The third-order valence-electron chi connectivity index (χ3n) is 3.77. The van der Waals surface area contributed by atoms with Crippen molar-refractivity contribution in [2.75, 3.05) is 41.7 Å². The van der Waals surface area contributed by atoms with E-state index < -0.39 is 0 Å². The van der Waals surface area contributed by atoms with E-state index in [0.717, 1.165) is 25.9 Å². The number of hydrogen-bond acceptors (Lipinski definition) is 7. The maximum absolute atomic E-state index is 11.7. The molecular formula is C12H19N7O. The number of anilines is 3. The van der Waals surface area contributed by atoms with Crippen LogP contribution in [0.2, 0.25) is 0 Å². The standard InChI is InChI=1S/C12H19N7O/c1-8-9(20)14-4-7-19(8)12-16-10(13)15-11(17-12)18-5-2-3-6-18/h8H,2-7H2,1H3,(H,14,20)(H2,13,15,16,17). The Morgan fingerprint density at radius 2 is 1.85 bits per heavy atom. The summed E-state index contributed by atoms with van der Waals surface area (Å²) in [5, 5.41) is 2.82. The Labute approximate surface area is 117 Å². The van der Waals surface area contributed by atoms with E-state index in [1.165, 1.54) is 0 Å². The van der Waals surface area contributed by atoms with Crippen LogP contribution in [0.5, 0.6) is 0 Å². The normalized spacial score (nSPS) is 23.1. The van der Waals surface area contributed by atoms with Gasteiger partial charge in [-0.1, -0.05) is 0 Å². The molecule has 2 aliphatic rings. The number of carbonyl (C=O) groups excluding carboxylic acids is 1. The average Bonchev–Trinajstić information content (AvgIpc) is 2.95. The van der Waals surface area contributed by atoms with E-state index in [4.69, 9.17) is 5.73 Å². The number of rotatable bonds is 2. The van der Waals surface area contributed by atoms with Gasteiger partial charge in [-0.05, 0) is 19.8 Å². The molecule has 2 aliphatic heterocycles. The number of piperazine rings is 1. The molecule has 1 amide bonds. The highest BCUT2D eigenvalue weighted by atomic mass is 16.2. The van der Waals surface area contributed by atoms with Crippen molar-refractivity contribution >= 4 is 23.8 Å². The van der Waals surface area contributed by atoms with E-state index in [2.05, 4.69) is 25.2 Å². The number of nitrogens with two attached hydrogens (primary N) is 1. The Morgan fingerprint density at radius 1 is 1.15 bits per heavy atom. The molecule has 3 rings (SSSR count). The summed E-state index contributed by atoms with van der Waals surface area (Å²) in [6.45, 7) is 4.99. The number of nitrogens with one attached hydrogen (secondary N) is 1. The van der Waals surface area contributed by atoms with E-state index in [9.17, 15) is 4.79 Å². The number of nitrogens with zero attached hydrogens (tertiary/aromatic N) is 5. The number of carbonyl (C=O) groups is 1. The molecule has 2 fully saturated rings. The highest BCUT2D eigenvalue weighted by Crippen LogP contribution is 2.21. The minimum atomic E-state index is -0.294. The molecule has 1 unspecified atom stereocenters. The van der Waals surface area contributed by atoms with Gasteiger partial charge >= 0.3 is 0 Å². The van der Waals surface area contributed by atoms with Gasteiger partial charge in [0, 0.05) is 26.2 Å². The number of aromatic nitrogens is 3. The van der Waals surface area contributed by atoms with Crippen LogP contribution in [0.3, 0.4) is 0 Å². The number of hydrogen-bond donors (Lipinski definition) is 2. The van der Waals surface area contributed by atoms with Crippen molar-refractivity contribution in [2.24, 2.45) is 0 Å². The Hall–Kier alpha value is -2.12. The summed E-state index contributed by atoms with van der Waals surface area (Å²) in [6, 6.07) is -0.294. The van der Waals surface area contributed by atoms with Gasteiger partial charge in [-0.25, -0.2) is 0 Å². The van der Waals surface area contributed by atoms with Crippen LogP contribution >= 0.6 is 0 Å². The minimum Gasteiger partial charge on any atom is -0.368 e. The fourth-order valence-corrected chi connectivity index (χ4v) is 2.61. The molecule has 2 saturated heterocycles. The summed E-state index contributed by atoms with van der Waals surface area (Å²) in [6.07, 6.45) is 2.28. The summed E-state index contributed by atoms with van der Waals surface area (Å²) >= 11 is 0. The van der Waals surface area contributed by atoms with Crippen LogP contribution in [-0.4, -0.2) is 53.1 Å². The van der Waals surface area contributed by atoms with Crippen LogP contribution in [0.25, 0.3) is 0 Å². The molecule has 0 bridgehead atoms. The largest absolute Gasteiger partial charge is 0.368 e. The van der Waals surface area contributed by atoms with E-state index in [1.807, 2.05) is 11.8 Å². The Kier molecular flexibility index (Phi) is 3.29. The molecule has 0 saturated carbocycles. The van der Waals surface area contributed by atoms with Crippen LogP contribution in [-0.2, 0) is 4.79 Å². The topological polar surface area (TPSA) is 100 Å². The molecule has 0 aromatic carbocycles. The molecular weight excluding hydrogens is 258 g/mol. The van der Waals surface area contributed by atoms with Crippen LogP contribution in [0.1, 0.15) is 19.8 Å². The van der Waals surface area contributed by atoms with Crippen molar-refractivity contribution in [3.63, 3.8) is 0 Å². The van der Waals surface area contributed by atoms with Gasteiger partial charge < -0.3 is 20.9 Å². The second-order valence-corrected chi connectivity index (χ2v) is 5.15. The van der Waals surface area contributed by atoms with Gasteiger partial charge in [-0.15, -0.1) is 0 Å². The van der Waals surface area contributed by atoms with Gasteiger partial charge in [-0.2, -0.15) is 15.0 Å². The fourth-order valence-electron chi connectivity index (χ4n) is 2.61. The zero-order chi connectivity index (χ0) is 14.1. The first-order chi connectivity index (χ1) is 9.65. The highest BCUT2D eigenvalue weighted by molar-refractivity contribution is 5.85. The Bertz CT molecular complexity index is 515. The number of nitrogen functional groups attached to an aromatic ring is 1. The lowest BCUT2D eigenvalue weighted by molar-refractivity contribution is -0.122. The lowest BCUT2D eigenvalue weighted by Crippen LogP contribution is -2.54. The van der Waals surface area contributed by atoms with Crippen molar-refractivity contribution < 1.29 is 4.79 Å². The molecule has 0 radical (unpaired) electrons. The van der Waals surface area contributed by atoms with Gasteiger partial charge in [0.2, 0.25) is 23.8 Å². The van der Waals surface area contributed by atoms with Crippen molar-refractivity contribution in [2.45, 2.75) is 25.8 Å². The first-order valence-electron chi connectivity index (χ1n) is 6.96. The van der Waals surface area contributed by atoms with Gasteiger partial charge in [-0.3, -0.25) is 4.79 Å². The van der Waals surface area contributed by atoms with Crippen molar-refractivity contribution in [3.8, 4) is 0 Å². The SMILES string of the molecule is CC1C(=O)NCCN1c1nc(N)nc(N2CCCC2)n1. The second-order valence-electron chi connectivity index (χ2n) is 5.15. The molecule has 108 valence electrons. The molecule has 1 aromatic rings. The molecule has 3 N–H and O–H groups in total. The second kappa shape index (κ2) is 5.10. The fraction of sp³-hybridized carbons (Fsp3) is 0.667. The van der Waals surface area contributed by atoms with E-state index in [0.29, 0.717) is 25.0 Å². The average molecular weight is 277 g/mol. The summed E-state index contributed by atoms with van der Waals surface area (Å²) < 4.78 is 0. The van der Waals surface area contributed by atoms with E-state index >= 15 is 0 Å². The van der Waals surface area contributed by atoms with Crippen molar-refractivity contribution in [3.05, 3.63) is 0 Å². The number of amides is 1. The summed E-state index contributed by atoms with van der Waals surface area (Å²) in [4.78, 5) is 28.6. The maximum Gasteiger partial charge on any atom is 0.242 e. The third kappa shape index (κ3) is 2.33. The smallest absolute Gasteiger partial charge is 0.242 e. The monoisotopic (exact) mass is 277 g/mol. The minimum absolute atomic E-state index is 0.0158. The van der Waals surface area contributed by atoms with Gasteiger partial charge in [0.15, 0.2) is 0 Å². The first kappa shape index (κ1) is 12.9. The molecule has 8 nitrogen and oxygen atoms in total. The summed E-state index contributed by atoms with van der Waals surface area (Å²) in [7, 11) is 0. The lowest BCUT2D eigenvalue weighted by Gasteiger charge is -2.33. The zero-order valence-corrected chi connectivity index (χ0v) is 11.5. The maximum atomic E-state index is 11.7. The molecule has 0 spiro atoms. The van der Waals surface area contributed by atoms with Crippen LogP contribution < -0.4 is 20.9 Å². The molecule has 3 heterocycles. The third-order valence-corrected chi connectivity index (χ3v) is 3.77. The summed E-state index contributed by atoms with van der Waals surface area (Å²) in [5.41, 5.74) is 5.80. The van der Waals surface area contributed by atoms with Crippen molar-refractivity contribution in [1.29, 1.82) is 0 Å². The molecule has 8 heteroatoms. The predicted molar refractivity (Wildman–Crippen MR) is 75.5 cm³/mol. The van der Waals surface area contributed by atoms with E-state index in [1.54, 1.807) is 0 Å². The van der Waals surface area contributed by atoms with Gasteiger partial charge in [0.05, 0.1) is 0 Å². The van der Waals surface area contributed by atoms with Crippen LogP contribution in [0.15, 0.2) is 0 Å². The lowest BCUT2D eigenvalue weighted by atomic mass is 10.2. The zero-order valence-electron chi connectivity index (χ0n) is 11.5. The molecule has 1 atom stereocenters. The Morgan fingerprint density at radius 3 is 2.60 bits per heavy atom. The highest BCUT2D eigenvalue weighted by Gasteiger charge is 2.28. The molecule has 20 heavy (non-hydrogen) atoms. The molecule has 0 aliphatic carbocycles. The quantitative estimate of drug-likeness (QED) is 0.743. The Balaban J connectivity index is 1.90. The van der Waals surface area contributed by atoms with Crippen molar-refractivity contribution in [1.82, 2.24) is 20.3 Å². The predicted octanol–water partition coefficient (Wildman–Crippen LogP) is -0.621.